The quantitative estimate of drug-likeness (QED) is 0.673. The Morgan fingerprint density at radius 2 is 1.85 bits per heavy atom. The van der Waals surface area contributed by atoms with E-state index in [1.165, 1.54) is 6.33 Å². The summed E-state index contributed by atoms with van der Waals surface area (Å²) in [5, 5.41) is 11.3. The van der Waals surface area contributed by atoms with Gasteiger partial charge in [-0.2, -0.15) is 0 Å². The molecule has 1 aliphatic rings. The van der Waals surface area contributed by atoms with Gasteiger partial charge in [0.05, 0.1) is 18.0 Å². The number of ether oxygens (including phenoxy) is 2. The van der Waals surface area contributed by atoms with Gasteiger partial charge in [0.1, 0.15) is 17.9 Å². The van der Waals surface area contributed by atoms with Gasteiger partial charge >= 0.3 is 0 Å². The van der Waals surface area contributed by atoms with Crippen LogP contribution in [0.4, 0.5) is 10.8 Å². The Kier molecular flexibility index (Phi) is 4.81. The fourth-order valence-electron chi connectivity index (χ4n) is 3.09. The maximum atomic E-state index is 5.36. The molecule has 4 rings (SSSR count). The van der Waals surface area contributed by atoms with Crippen LogP contribution in [0.15, 0.2) is 24.5 Å². The Hall–Kier alpha value is -2.52. The van der Waals surface area contributed by atoms with Gasteiger partial charge in [0, 0.05) is 39.0 Å². The summed E-state index contributed by atoms with van der Waals surface area (Å²) in [6, 6.07) is 6.22. The monoisotopic (exact) mass is 372 g/mol. The number of hydrogen-bond acceptors (Lipinski definition) is 9. The average molecular weight is 372 g/mol. The first kappa shape index (κ1) is 16.9. The number of aromatic nitrogens is 4. The highest BCUT2D eigenvalue weighted by Gasteiger charge is 2.21. The summed E-state index contributed by atoms with van der Waals surface area (Å²) in [6.07, 6.45) is 1.53. The third kappa shape index (κ3) is 3.27. The average Bonchev–Trinajstić information content (AvgIpc) is 3.16. The lowest BCUT2D eigenvalue weighted by Gasteiger charge is -2.35. The van der Waals surface area contributed by atoms with Crippen LogP contribution in [0.25, 0.3) is 10.9 Å². The SMILES string of the molecule is COCc1nnc(N2CCN(c3ccc4ncnc(OC)c4c3)CC2)s1. The first-order chi connectivity index (χ1) is 12.8. The molecule has 0 amide bonds. The fourth-order valence-corrected chi connectivity index (χ4v) is 3.95. The van der Waals surface area contributed by atoms with Crippen LogP contribution in [-0.2, 0) is 11.3 Å². The van der Waals surface area contributed by atoms with Crippen molar-refractivity contribution in [1.82, 2.24) is 20.2 Å². The van der Waals surface area contributed by atoms with E-state index in [0.717, 1.165) is 52.9 Å². The molecule has 0 unspecified atom stereocenters. The third-order valence-electron chi connectivity index (χ3n) is 4.42. The number of hydrogen-bond donors (Lipinski definition) is 0. The molecule has 0 saturated carbocycles. The number of anilines is 2. The van der Waals surface area contributed by atoms with E-state index in [2.05, 4.69) is 42.1 Å². The zero-order valence-electron chi connectivity index (χ0n) is 14.8. The van der Waals surface area contributed by atoms with E-state index in [1.807, 2.05) is 6.07 Å². The van der Waals surface area contributed by atoms with Crippen LogP contribution in [0, 0.1) is 0 Å². The Morgan fingerprint density at radius 1 is 1.04 bits per heavy atom. The van der Waals surface area contributed by atoms with Crippen LogP contribution >= 0.6 is 11.3 Å². The molecule has 9 heteroatoms. The summed E-state index contributed by atoms with van der Waals surface area (Å²) in [5.74, 6) is 0.606. The number of methoxy groups -OCH3 is 2. The maximum Gasteiger partial charge on any atom is 0.224 e. The fraction of sp³-hybridized carbons (Fsp3) is 0.412. The van der Waals surface area contributed by atoms with Crippen LogP contribution in [-0.4, -0.2) is 60.6 Å². The lowest BCUT2D eigenvalue weighted by atomic mass is 10.2. The van der Waals surface area contributed by atoms with Crippen molar-refractivity contribution < 1.29 is 9.47 Å². The first-order valence-corrected chi connectivity index (χ1v) is 9.20. The molecular weight excluding hydrogens is 352 g/mol. The Balaban J connectivity index is 1.48. The van der Waals surface area contributed by atoms with Gasteiger partial charge in [0.15, 0.2) is 0 Å². The summed E-state index contributed by atoms with van der Waals surface area (Å²) in [5.41, 5.74) is 2.04. The molecule has 3 heterocycles. The second-order valence-corrected chi connectivity index (χ2v) is 7.01. The number of nitrogens with zero attached hydrogens (tertiary/aromatic N) is 6. The Labute approximate surface area is 155 Å². The zero-order chi connectivity index (χ0) is 17.9. The molecule has 1 saturated heterocycles. The van der Waals surface area contributed by atoms with Crippen molar-refractivity contribution in [3.8, 4) is 5.88 Å². The summed E-state index contributed by atoms with van der Waals surface area (Å²) in [7, 11) is 3.30. The number of benzene rings is 1. The van der Waals surface area contributed by atoms with Crippen molar-refractivity contribution in [2.75, 3.05) is 50.2 Å². The van der Waals surface area contributed by atoms with Crippen LogP contribution < -0.4 is 14.5 Å². The predicted octanol–water partition coefficient (Wildman–Crippen LogP) is 1.96. The molecule has 1 aliphatic heterocycles. The molecule has 0 aliphatic carbocycles. The van der Waals surface area contributed by atoms with Crippen molar-refractivity contribution >= 4 is 33.1 Å². The molecule has 8 nitrogen and oxygen atoms in total. The van der Waals surface area contributed by atoms with E-state index in [1.54, 1.807) is 25.6 Å². The third-order valence-corrected chi connectivity index (χ3v) is 5.37. The second-order valence-electron chi connectivity index (χ2n) is 5.97. The van der Waals surface area contributed by atoms with E-state index in [9.17, 15) is 0 Å². The number of rotatable bonds is 5. The summed E-state index contributed by atoms with van der Waals surface area (Å²) in [4.78, 5) is 13.1. The molecule has 136 valence electrons. The van der Waals surface area contributed by atoms with Crippen LogP contribution in [0.3, 0.4) is 0 Å². The molecule has 0 atom stereocenters. The van der Waals surface area contributed by atoms with Crippen molar-refractivity contribution in [2.24, 2.45) is 0 Å². The standard InChI is InChI=1S/C17H20N6O2S/c1-24-10-15-20-21-17(26-15)23-7-5-22(6-8-23)12-3-4-14-13(9-12)16(25-2)19-11-18-14/h3-4,9,11H,5-8,10H2,1-2H3. The Bertz CT molecular complexity index is 894. The van der Waals surface area contributed by atoms with Gasteiger partial charge < -0.3 is 19.3 Å². The van der Waals surface area contributed by atoms with Crippen molar-refractivity contribution in [3.63, 3.8) is 0 Å². The minimum absolute atomic E-state index is 0.513. The molecule has 26 heavy (non-hydrogen) atoms. The molecule has 0 N–H and O–H groups in total. The summed E-state index contributed by atoms with van der Waals surface area (Å²) in [6.45, 7) is 4.16. The number of fused-ring (bicyclic) bond motifs is 1. The molecule has 0 spiro atoms. The number of piperazine rings is 1. The van der Waals surface area contributed by atoms with Gasteiger partial charge in [-0.1, -0.05) is 11.3 Å². The zero-order valence-corrected chi connectivity index (χ0v) is 15.6. The van der Waals surface area contributed by atoms with Gasteiger partial charge in [-0.05, 0) is 18.2 Å². The van der Waals surface area contributed by atoms with E-state index in [0.29, 0.717) is 12.5 Å². The topological polar surface area (TPSA) is 76.5 Å². The highest BCUT2D eigenvalue weighted by molar-refractivity contribution is 7.15. The Morgan fingerprint density at radius 3 is 2.62 bits per heavy atom. The van der Waals surface area contributed by atoms with Crippen LogP contribution in [0.1, 0.15) is 5.01 Å². The van der Waals surface area contributed by atoms with Gasteiger partial charge in [-0.25, -0.2) is 9.97 Å². The molecule has 2 aromatic heterocycles. The molecule has 0 bridgehead atoms. The first-order valence-electron chi connectivity index (χ1n) is 8.38. The van der Waals surface area contributed by atoms with Gasteiger partial charge in [-0.3, -0.25) is 0 Å². The molecular formula is C17H20N6O2S. The van der Waals surface area contributed by atoms with E-state index >= 15 is 0 Å². The van der Waals surface area contributed by atoms with Crippen molar-refractivity contribution in [3.05, 3.63) is 29.5 Å². The second kappa shape index (κ2) is 7.38. The van der Waals surface area contributed by atoms with Gasteiger partial charge in [0.25, 0.3) is 0 Å². The maximum absolute atomic E-state index is 5.36. The van der Waals surface area contributed by atoms with Crippen LogP contribution in [0.5, 0.6) is 5.88 Å². The molecule has 0 radical (unpaired) electrons. The highest BCUT2D eigenvalue weighted by Crippen LogP contribution is 2.28. The van der Waals surface area contributed by atoms with Crippen molar-refractivity contribution in [2.45, 2.75) is 6.61 Å². The normalized spacial score (nSPS) is 14.8. The molecule has 1 fully saturated rings. The van der Waals surface area contributed by atoms with E-state index in [-0.39, 0.29) is 0 Å². The lowest BCUT2D eigenvalue weighted by molar-refractivity contribution is 0.184. The van der Waals surface area contributed by atoms with Gasteiger partial charge in [-0.15, -0.1) is 10.2 Å². The van der Waals surface area contributed by atoms with E-state index < -0.39 is 0 Å². The van der Waals surface area contributed by atoms with E-state index in [4.69, 9.17) is 9.47 Å². The summed E-state index contributed by atoms with van der Waals surface area (Å²) >= 11 is 1.59. The smallest absolute Gasteiger partial charge is 0.224 e. The minimum Gasteiger partial charge on any atom is -0.480 e. The van der Waals surface area contributed by atoms with Gasteiger partial charge in [0.2, 0.25) is 11.0 Å². The summed E-state index contributed by atoms with van der Waals surface area (Å²) < 4.78 is 10.5. The highest BCUT2D eigenvalue weighted by atomic mass is 32.1. The van der Waals surface area contributed by atoms with Crippen molar-refractivity contribution in [1.29, 1.82) is 0 Å². The van der Waals surface area contributed by atoms with Crippen LogP contribution in [0.2, 0.25) is 0 Å². The minimum atomic E-state index is 0.513. The molecule has 1 aromatic carbocycles. The largest absolute Gasteiger partial charge is 0.480 e. The molecule has 3 aromatic rings. The predicted molar refractivity (Wildman–Crippen MR) is 101 cm³/mol. The lowest BCUT2D eigenvalue weighted by Crippen LogP contribution is -2.46.